The van der Waals surface area contributed by atoms with E-state index in [0.29, 0.717) is 13.1 Å². The summed E-state index contributed by atoms with van der Waals surface area (Å²) < 4.78 is 1.95. The lowest BCUT2D eigenvalue weighted by molar-refractivity contribution is 1.01. The van der Waals surface area contributed by atoms with E-state index in [1.165, 1.54) is 0 Å². The molecule has 0 atom stereocenters. The average molecular weight is 202 g/mol. The molecule has 0 radical (unpaired) electrons. The minimum Gasteiger partial charge on any atom is -0.326 e. The molecular formula is C11H14N4. The number of nitrogens with two attached hydrogens (primary N) is 2. The lowest BCUT2D eigenvalue weighted by Crippen LogP contribution is -1.97. The van der Waals surface area contributed by atoms with Crippen molar-refractivity contribution < 1.29 is 0 Å². The van der Waals surface area contributed by atoms with Crippen LogP contribution in [0.25, 0.3) is 5.69 Å². The summed E-state index contributed by atoms with van der Waals surface area (Å²) in [5.74, 6) is 0. The highest BCUT2D eigenvalue weighted by Crippen LogP contribution is 2.10. The normalized spacial score (nSPS) is 10.5. The van der Waals surface area contributed by atoms with Gasteiger partial charge in [0.2, 0.25) is 0 Å². The Bertz CT molecular complexity index is 430. The largest absolute Gasteiger partial charge is 0.326 e. The smallest absolute Gasteiger partial charge is 0.0995 e. The molecule has 0 bridgehead atoms. The maximum atomic E-state index is 5.53. The van der Waals surface area contributed by atoms with Gasteiger partial charge in [0.25, 0.3) is 0 Å². The molecule has 0 aliphatic rings. The van der Waals surface area contributed by atoms with Crippen molar-refractivity contribution in [2.75, 3.05) is 0 Å². The molecule has 0 spiro atoms. The molecule has 0 aliphatic carbocycles. The Labute approximate surface area is 88.5 Å². The van der Waals surface area contributed by atoms with Crippen LogP contribution in [0.4, 0.5) is 0 Å². The van der Waals surface area contributed by atoms with Crippen molar-refractivity contribution in [3.05, 3.63) is 48.0 Å². The highest BCUT2D eigenvalue weighted by molar-refractivity contribution is 5.35. The van der Waals surface area contributed by atoms with Crippen LogP contribution in [0.5, 0.6) is 0 Å². The summed E-state index contributed by atoms with van der Waals surface area (Å²) >= 11 is 0. The predicted molar refractivity (Wildman–Crippen MR) is 59.3 cm³/mol. The molecule has 0 fully saturated rings. The maximum absolute atomic E-state index is 5.53. The molecule has 1 aromatic heterocycles. The van der Waals surface area contributed by atoms with E-state index in [2.05, 4.69) is 4.98 Å². The Morgan fingerprint density at radius 2 is 1.80 bits per heavy atom. The third-order valence-electron chi connectivity index (χ3n) is 2.32. The maximum Gasteiger partial charge on any atom is 0.0995 e. The van der Waals surface area contributed by atoms with Crippen LogP contribution in [-0.2, 0) is 13.1 Å². The molecular weight excluding hydrogens is 188 g/mol. The lowest BCUT2D eigenvalue weighted by atomic mass is 10.2. The van der Waals surface area contributed by atoms with E-state index < -0.39 is 0 Å². The summed E-state index contributed by atoms with van der Waals surface area (Å²) in [6.07, 6.45) is 3.69. The highest BCUT2D eigenvalue weighted by Gasteiger charge is 1.98. The molecule has 78 valence electrons. The number of benzene rings is 1. The number of aromatic nitrogens is 2. The zero-order chi connectivity index (χ0) is 10.7. The Morgan fingerprint density at radius 1 is 1.07 bits per heavy atom. The van der Waals surface area contributed by atoms with E-state index in [-0.39, 0.29) is 0 Å². The number of hydrogen-bond acceptors (Lipinski definition) is 3. The summed E-state index contributed by atoms with van der Waals surface area (Å²) in [5.41, 5.74) is 14.1. The van der Waals surface area contributed by atoms with E-state index in [4.69, 9.17) is 11.5 Å². The van der Waals surface area contributed by atoms with Gasteiger partial charge in [-0.15, -0.1) is 0 Å². The number of hydrogen-bond donors (Lipinski definition) is 2. The predicted octanol–water partition coefficient (Wildman–Crippen LogP) is 0.790. The fraction of sp³-hybridized carbons (Fsp3) is 0.182. The first-order chi connectivity index (χ1) is 7.33. The molecule has 0 saturated heterocycles. The van der Waals surface area contributed by atoms with Crippen LogP contribution in [0.15, 0.2) is 36.8 Å². The third kappa shape index (κ3) is 2.06. The molecule has 1 aromatic carbocycles. The minimum absolute atomic E-state index is 0.466. The van der Waals surface area contributed by atoms with Gasteiger partial charge in [-0.05, 0) is 17.7 Å². The number of rotatable bonds is 3. The monoisotopic (exact) mass is 202 g/mol. The van der Waals surface area contributed by atoms with Gasteiger partial charge in [0.05, 0.1) is 12.0 Å². The molecule has 2 rings (SSSR count). The molecule has 2 aromatic rings. The Hall–Kier alpha value is -1.65. The van der Waals surface area contributed by atoms with E-state index in [9.17, 15) is 0 Å². The van der Waals surface area contributed by atoms with E-state index in [0.717, 1.165) is 16.9 Å². The third-order valence-corrected chi connectivity index (χ3v) is 2.32. The zero-order valence-corrected chi connectivity index (χ0v) is 8.43. The van der Waals surface area contributed by atoms with Gasteiger partial charge in [0.1, 0.15) is 0 Å². The van der Waals surface area contributed by atoms with Crippen LogP contribution in [0, 0.1) is 0 Å². The van der Waals surface area contributed by atoms with Gasteiger partial charge in [-0.2, -0.15) is 0 Å². The van der Waals surface area contributed by atoms with Crippen LogP contribution < -0.4 is 11.5 Å². The van der Waals surface area contributed by atoms with Crippen molar-refractivity contribution in [2.24, 2.45) is 11.5 Å². The van der Waals surface area contributed by atoms with Crippen molar-refractivity contribution >= 4 is 0 Å². The minimum atomic E-state index is 0.466. The second-order valence-corrected chi connectivity index (χ2v) is 3.35. The highest BCUT2D eigenvalue weighted by atomic mass is 15.0. The van der Waals surface area contributed by atoms with Gasteiger partial charge in [0.15, 0.2) is 0 Å². The van der Waals surface area contributed by atoms with Gasteiger partial charge in [-0.1, -0.05) is 12.1 Å². The Balaban J connectivity index is 2.28. The van der Waals surface area contributed by atoms with E-state index in [1.54, 1.807) is 6.33 Å². The zero-order valence-electron chi connectivity index (χ0n) is 8.43. The van der Waals surface area contributed by atoms with E-state index in [1.807, 2.05) is 35.0 Å². The summed E-state index contributed by atoms with van der Waals surface area (Å²) in [5, 5.41) is 0. The van der Waals surface area contributed by atoms with Crippen LogP contribution in [0.1, 0.15) is 11.3 Å². The van der Waals surface area contributed by atoms with E-state index >= 15 is 0 Å². The van der Waals surface area contributed by atoms with Crippen molar-refractivity contribution in [1.82, 2.24) is 9.55 Å². The molecule has 0 amide bonds. The fourth-order valence-electron chi connectivity index (χ4n) is 1.41. The van der Waals surface area contributed by atoms with Crippen molar-refractivity contribution in [2.45, 2.75) is 13.1 Å². The molecule has 4 N–H and O–H groups in total. The Kier molecular flexibility index (Phi) is 2.80. The van der Waals surface area contributed by atoms with Crippen LogP contribution >= 0.6 is 0 Å². The second-order valence-electron chi connectivity index (χ2n) is 3.35. The summed E-state index contributed by atoms with van der Waals surface area (Å²) in [4.78, 5) is 4.17. The first-order valence-corrected chi connectivity index (χ1v) is 4.86. The molecule has 0 unspecified atom stereocenters. The number of nitrogens with zero attached hydrogens (tertiary/aromatic N) is 2. The van der Waals surface area contributed by atoms with Crippen molar-refractivity contribution in [3.8, 4) is 5.69 Å². The molecule has 15 heavy (non-hydrogen) atoms. The van der Waals surface area contributed by atoms with Crippen LogP contribution in [0.2, 0.25) is 0 Å². The second kappa shape index (κ2) is 4.25. The van der Waals surface area contributed by atoms with Gasteiger partial charge < -0.3 is 16.0 Å². The first kappa shape index (κ1) is 9.89. The first-order valence-electron chi connectivity index (χ1n) is 4.86. The summed E-state index contributed by atoms with van der Waals surface area (Å²) in [6, 6.07) is 8.06. The topological polar surface area (TPSA) is 69.9 Å². The molecule has 4 nitrogen and oxygen atoms in total. The van der Waals surface area contributed by atoms with Crippen LogP contribution in [-0.4, -0.2) is 9.55 Å². The quantitative estimate of drug-likeness (QED) is 0.773. The van der Waals surface area contributed by atoms with Gasteiger partial charge in [-0.3, -0.25) is 0 Å². The standard InChI is InChI=1S/C11H14N4/c12-5-9-1-3-11(4-2-9)15-7-10(6-13)14-8-15/h1-4,7-8H,5-6,12-13H2. The van der Waals surface area contributed by atoms with Crippen molar-refractivity contribution in [1.29, 1.82) is 0 Å². The molecule has 4 heteroatoms. The Morgan fingerprint density at radius 3 is 2.33 bits per heavy atom. The average Bonchev–Trinajstić information content (AvgIpc) is 2.78. The van der Waals surface area contributed by atoms with Gasteiger partial charge in [-0.25, -0.2) is 4.98 Å². The van der Waals surface area contributed by atoms with Gasteiger partial charge in [0, 0.05) is 25.0 Å². The molecule has 0 saturated carbocycles. The molecule has 1 heterocycles. The van der Waals surface area contributed by atoms with Crippen molar-refractivity contribution in [3.63, 3.8) is 0 Å². The van der Waals surface area contributed by atoms with Gasteiger partial charge >= 0.3 is 0 Å². The lowest BCUT2D eigenvalue weighted by Gasteiger charge is -2.02. The number of imidazole rings is 1. The van der Waals surface area contributed by atoms with Crippen LogP contribution in [0.3, 0.4) is 0 Å². The summed E-state index contributed by atoms with van der Waals surface area (Å²) in [7, 11) is 0. The summed E-state index contributed by atoms with van der Waals surface area (Å²) in [6.45, 7) is 1.03. The SMILES string of the molecule is NCc1ccc(-n2cnc(CN)c2)cc1. The molecule has 0 aliphatic heterocycles. The fourth-order valence-corrected chi connectivity index (χ4v) is 1.41.